The molecule has 2 aromatic rings. The Morgan fingerprint density at radius 1 is 1.29 bits per heavy atom. The average molecular weight is 346 g/mol. The van der Waals surface area contributed by atoms with Crippen molar-refractivity contribution in [1.29, 1.82) is 0 Å². The molecule has 1 aliphatic carbocycles. The van der Waals surface area contributed by atoms with Crippen LogP contribution in [0.2, 0.25) is 0 Å². The Bertz CT molecular complexity index is 747. The summed E-state index contributed by atoms with van der Waals surface area (Å²) in [5, 5.41) is 3.69. The molecule has 0 saturated heterocycles. The maximum atomic E-state index is 12.2. The number of hydrogen-bond acceptors (Lipinski definition) is 4. The van der Waals surface area contributed by atoms with Crippen LogP contribution in [0, 0.1) is 6.92 Å². The van der Waals surface area contributed by atoms with Crippen molar-refractivity contribution in [1.82, 2.24) is 14.8 Å². The van der Waals surface area contributed by atoms with Crippen molar-refractivity contribution in [2.75, 3.05) is 20.6 Å². The molecule has 1 atom stereocenters. The van der Waals surface area contributed by atoms with Gasteiger partial charge >= 0.3 is 0 Å². The van der Waals surface area contributed by atoms with Gasteiger partial charge in [-0.25, -0.2) is 0 Å². The van der Waals surface area contributed by atoms with Crippen molar-refractivity contribution in [3.8, 4) is 0 Å². The molecule has 0 amide bonds. The van der Waals surface area contributed by atoms with Crippen LogP contribution in [0.4, 0.5) is 0 Å². The molecule has 1 N–H and O–H groups in total. The predicted molar refractivity (Wildman–Crippen MR) is 101 cm³/mol. The predicted octanol–water partition coefficient (Wildman–Crippen LogP) is 2.43. The number of rotatable bonds is 6. The van der Waals surface area contributed by atoms with Crippen molar-refractivity contribution >= 4 is 11.3 Å². The maximum absolute atomic E-state index is 12.2. The van der Waals surface area contributed by atoms with E-state index in [-0.39, 0.29) is 5.56 Å². The van der Waals surface area contributed by atoms with Crippen molar-refractivity contribution in [2.24, 2.45) is 0 Å². The topological polar surface area (TPSA) is 37.3 Å². The van der Waals surface area contributed by atoms with Crippen LogP contribution in [0.15, 0.2) is 29.1 Å². The monoisotopic (exact) mass is 345 g/mol. The number of nitrogens with zero attached hydrogens (tertiary/aromatic N) is 2. The molecule has 0 fully saturated rings. The van der Waals surface area contributed by atoms with E-state index < -0.39 is 0 Å². The Kier molecular flexibility index (Phi) is 5.54. The van der Waals surface area contributed by atoms with Gasteiger partial charge in [-0.05, 0) is 58.0 Å². The largest absolute Gasteiger partial charge is 0.311 e. The van der Waals surface area contributed by atoms with Gasteiger partial charge in [0.15, 0.2) is 0 Å². The number of aromatic nitrogens is 1. The standard InChI is InChI=1S/C19H27N3OS/c1-14-4-7-17(24-14)13-20-16-6-8-18-15(12-16)5-9-19(23)22(18)11-10-21(2)3/h4-5,7,9,16,20H,6,8,10-13H2,1-3H3/t16-/m0/s1. The van der Waals surface area contributed by atoms with E-state index in [4.69, 9.17) is 0 Å². The second kappa shape index (κ2) is 7.64. The molecular formula is C19H27N3OS. The first-order chi connectivity index (χ1) is 11.5. The van der Waals surface area contributed by atoms with Crippen LogP contribution < -0.4 is 10.9 Å². The lowest BCUT2D eigenvalue weighted by Gasteiger charge is -2.28. The maximum Gasteiger partial charge on any atom is 0.250 e. The summed E-state index contributed by atoms with van der Waals surface area (Å²) in [7, 11) is 4.10. The minimum atomic E-state index is 0.135. The fraction of sp³-hybridized carbons (Fsp3) is 0.526. The van der Waals surface area contributed by atoms with Gasteiger partial charge in [0.1, 0.15) is 0 Å². The lowest BCUT2D eigenvalue weighted by Crippen LogP contribution is -2.37. The van der Waals surface area contributed by atoms with Crippen molar-refractivity contribution in [2.45, 2.75) is 45.3 Å². The number of aryl methyl sites for hydroxylation is 1. The third kappa shape index (κ3) is 4.15. The number of fused-ring (bicyclic) bond motifs is 1. The number of likely N-dealkylation sites (N-methyl/N-ethyl adjacent to an activating group) is 1. The molecule has 2 heterocycles. The number of thiophene rings is 1. The zero-order chi connectivity index (χ0) is 17.1. The Morgan fingerprint density at radius 3 is 2.83 bits per heavy atom. The van der Waals surface area contributed by atoms with Crippen LogP contribution in [0.5, 0.6) is 0 Å². The van der Waals surface area contributed by atoms with Gasteiger partial charge in [0.05, 0.1) is 0 Å². The van der Waals surface area contributed by atoms with Gasteiger partial charge in [-0.3, -0.25) is 4.79 Å². The van der Waals surface area contributed by atoms with Gasteiger partial charge in [0.2, 0.25) is 0 Å². The van der Waals surface area contributed by atoms with Crippen LogP contribution in [-0.4, -0.2) is 36.1 Å². The summed E-state index contributed by atoms with van der Waals surface area (Å²) in [5.74, 6) is 0. The van der Waals surface area contributed by atoms with E-state index in [1.165, 1.54) is 21.0 Å². The molecule has 0 unspecified atom stereocenters. The van der Waals surface area contributed by atoms with Crippen molar-refractivity contribution < 1.29 is 0 Å². The second-order valence-electron chi connectivity index (χ2n) is 6.93. The van der Waals surface area contributed by atoms with Gasteiger partial charge in [0.25, 0.3) is 5.56 Å². The van der Waals surface area contributed by atoms with E-state index in [9.17, 15) is 4.79 Å². The van der Waals surface area contributed by atoms with Gasteiger partial charge in [0, 0.05) is 47.2 Å². The van der Waals surface area contributed by atoms with E-state index in [1.807, 2.05) is 36.1 Å². The molecule has 0 bridgehead atoms. The van der Waals surface area contributed by atoms with E-state index >= 15 is 0 Å². The third-order valence-electron chi connectivity index (χ3n) is 4.72. The van der Waals surface area contributed by atoms with Gasteiger partial charge in [-0.2, -0.15) is 0 Å². The number of pyridine rings is 1. The first-order valence-corrected chi connectivity index (χ1v) is 9.49. The van der Waals surface area contributed by atoms with Crippen molar-refractivity contribution in [3.63, 3.8) is 0 Å². The Morgan fingerprint density at radius 2 is 2.12 bits per heavy atom. The molecule has 2 aromatic heterocycles. The van der Waals surface area contributed by atoms with Gasteiger partial charge in [-0.15, -0.1) is 11.3 Å². The average Bonchev–Trinajstić information content (AvgIpc) is 2.97. The van der Waals surface area contributed by atoms with E-state index in [2.05, 4.69) is 29.3 Å². The fourth-order valence-electron chi connectivity index (χ4n) is 3.37. The fourth-order valence-corrected chi connectivity index (χ4v) is 4.21. The Balaban J connectivity index is 1.67. The molecule has 0 aromatic carbocycles. The van der Waals surface area contributed by atoms with Crippen LogP contribution in [0.1, 0.15) is 27.4 Å². The lowest BCUT2D eigenvalue weighted by atomic mass is 9.91. The van der Waals surface area contributed by atoms with Crippen LogP contribution in [-0.2, 0) is 25.9 Å². The molecule has 0 aliphatic heterocycles. The molecule has 5 heteroatoms. The number of hydrogen-bond donors (Lipinski definition) is 1. The summed E-state index contributed by atoms with van der Waals surface area (Å²) in [5.41, 5.74) is 2.71. The highest BCUT2D eigenvalue weighted by Crippen LogP contribution is 2.21. The minimum Gasteiger partial charge on any atom is -0.311 e. The molecule has 0 spiro atoms. The summed E-state index contributed by atoms with van der Waals surface area (Å²) in [6.07, 6.45) is 3.10. The van der Waals surface area contributed by atoms with Gasteiger partial charge < -0.3 is 14.8 Å². The Labute approximate surface area is 148 Å². The molecule has 0 radical (unpaired) electrons. The van der Waals surface area contributed by atoms with E-state index in [1.54, 1.807) is 6.07 Å². The summed E-state index contributed by atoms with van der Waals surface area (Å²) < 4.78 is 1.98. The zero-order valence-electron chi connectivity index (χ0n) is 14.8. The smallest absolute Gasteiger partial charge is 0.250 e. The minimum absolute atomic E-state index is 0.135. The normalized spacial score (nSPS) is 17.2. The van der Waals surface area contributed by atoms with Crippen LogP contribution in [0.25, 0.3) is 0 Å². The Hall–Kier alpha value is -1.43. The summed E-state index contributed by atoms with van der Waals surface area (Å²) in [4.78, 5) is 17.1. The molecule has 24 heavy (non-hydrogen) atoms. The highest BCUT2D eigenvalue weighted by atomic mass is 32.1. The quantitative estimate of drug-likeness (QED) is 0.874. The third-order valence-corrected chi connectivity index (χ3v) is 5.72. The SMILES string of the molecule is Cc1ccc(CN[C@H]2CCc3c(ccc(=O)n3CCN(C)C)C2)s1. The number of nitrogens with one attached hydrogen (secondary N) is 1. The summed E-state index contributed by atoms with van der Waals surface area (Å²) >= 11 is 1.86. The van der Waals surface area contributed by atoms with Crippen LogP contribution >= 0.6 is 11.3 Å². The highest BCUT2D eigenvalue weighted by Gasteiger charge is 2.21. The van der Waals surface area contributed by atoms with Gasteiger partial charge in [-0.1, -0.05) is 6.07 Å². The second-order valence-corrected chi connectivity index (χ2v) is 8.30. The highest BCUT2D eigenvalue weighted by molar-refractivity contribution is 7.11. The van der Waals surface area contributed by atoms with E-state index in [0.29, 0.717) is 6.04 Å². The molecule has 0 saturated carbocycles. The van der Waals surface area contributed by atoms with Crippen LogP contribution in [0.3, 0.4) is 0 Å². The summed E-state index contributed by atoms with van der Waals surface area (Å²) in [6, 6.07) is 8.66. The van der Waals surface area contributed by atoms with E-state index in [0.717, 1.165) is 38.9 Å². The van der Waals surface area contributed by atoms with Crippen molar-refractivity contribution in [3.05, 3.63) is 55.6 Å². The molecule has 1 aliphatic rings. The molecule has 4 nitrogen and oxygen atoms in total. The summed E-state index contributed by atoms with van der Waals surface area (Å²) in [6.45, 7) is 4.77. The first kappa shape index (κ1) is 17.4. The first-order valence-electron chi connectivity index (χ1n) is 8.68. The molecule has 3 rings (SSSR count). The molecule has 130 valence electrons. The molecular weight excluding hydrogens is 318 g/mol. The zero-order valence-corrected chi connectivity index (χ0v) is 15.7. The lowest BCUT2D eigenvalue weighted by molar-refractivity contribution is 0.370.